The maximum absolute atomic E-state index is 13.3. The molecule has 1 fully saturated rings. The van der Waals surface area contributed by atoms with Gasteiger partial charge in [-0.25, -0.2) is 9.97 Å². The highest BCUT2D eigenvalue weighted by Gasteiger charge is 2.31. The smallest absolute Gasteiger partial charge is 0.253 e. The van der Waals surface area contributed by atoms with E-state index in [2.05, 4.69) is 4.98 Å². The molecule has 3 aromatic rings. The predicted octanol–water partition coefficient (Wildman–Crippen LogP) is 3.91. The van der Waals surface area contributed by atoms with Crippen LogP contribution in [0.1, 0.15) is 28.4 Å². The van der Waals surface area contributed by atoms with Crippen molar-refractivity contribution in [3.8, 4) is 16.9 Å². The highest BCUT2D eigenvalue weighted by molar-refractivity contribution is 5.95. The third-order valence-electron chi connectivity index (χ3n) is 6.08. The Balaban J connectivity index is 1.62. The van der Waals surface area contributed by atoms with Gasteiger partial charge in [-0.05, 0) is 42.3 Å². The number of likely N-dealkylation sites (tertiary alicyclic amines) is 1. The van der Waals surface area contributed by atoms with Gasteiger partial charge >= 0.3 is 0 Å². The van der Waals surface area contributed by atoms with E-state index in [9.17, 15) is 4.79 Å². The topological polar surface area (TPSA) is 61.8 Å². The summed E-state index contributed by atoms with van der Waals surface area (Å²) < 4.78 is 5.31. The zero-order valence-corrected chi connectivity index (χ0v) is 19.9. The van der Waals surface area contributed by atoms with E-state index in [0.29, 0.717) is 24.6 Å². The molecule has 0 unspecified atom stereocenters. The number of aromatic nitrogens is 2. The Bertz CT molecular complexity index is 1130. The summed E-state index contributed by atoms with van der Waals surface area (Å²) in [5.74, 6) is 1.69. The van der Waals surface area contributed by atoms with Crippen molar-refractivity contribution in [2.75, 3.05) is 58.2 Å². The molecule has 33 heavy (non-hydrogen) atoms. The van der Waals surface area contributed by atoms with Crippen LogP contribution in [0.15, 0.2) is 54.7 Å². The Morgan fingerprint density at radius 1 is 1.06 bits per heavy atom. The Labute approximate surface area is 195 Å². The van der Waals surface area contributed by atoms with E-state index in [-0.39, 0.29) is 11.8 Å². The Kier molecular flexibility index (Phi) is 6.49. The van der Waals surface area contributed by atoms with Gasteiger partial charge in [0.05, 0.1) is 12.8 Å². The first-order valence-corrected chi connectivity index (χ1v) is 11.1. The number of carbonyl (C=O) groups excluding carboxylic acids is 1. The number of anilines is 2. The minimum atomic E-state index is 0.0640. The molecule has 1 saturated heterocycles. The summed E-state index contributed by atoms with van der Waals surface area (Å²) in [6, 6.07) is 15.7. The molecule has 0 spiro atoms. The highest BCUT2D eigenvalue weighted by Crippen LogP contribution is 2.35. The van der Waals surface area contributed by atoms with Crippen molar-refractivity contribution in [1.82, 2.24) is 14.9 Å². The van der Waals surface area contributed by atoms with Gasteiger partial charge in [0.15, 0.2) is 0 Å². The molecular formula is C26H31N5O2. The average Bonchev–Trinajstić information content (AvgIpc) is 3.33. The first kappa shape index (κ1) is 22.6. The van der Waals surface area contributed by atoms with Crippen LogP contribution in [0.3, 0.4) is 0 Å². The fraction of sp³-hybridized carbons (Fsp3) is 0.346. The normalized spacial score (nSPS) is 15.4. The molecule has 0 aliphatic carbocycles. The van der Waals surface area contributed by atoms with E-state index in [1.165, 1.54) is 0 Å². The van der Waals surface area contributed by atoms with Crippen LogP contribution in [0.2, 0.25) is 0 Å². The zero-order valence-electron chi connectivity index (χ0n) is 19.9. The minimum Gasteiger partial charge on any atom is -0.497 e. The molecule has 0 saturated carbocycles. The van der Waals surface area contributed by atoms with E-state index in [0.717, 1.165) is 34.7 Å². The molecule has 2 heterocycles. The molecule has 7 nitrogen and oxygen atoms in total. The molecule has 0 bridgehead atoms. The number of nitrogens with zero attached hydrogens (tertiary/aromatic N) is 5. The van der Waals surface area contributed by atoms with E-state index < -0.39 is 0 Å². The molecule has 0 N–H and O–H groups in total. The number of benzene rings is 2. The van der Waals surface area contributed by atoms with E-state index in [1.54, 1.807) is 7.11 Å². The van der Waals surface area contributed by atoms with Crippen LogP contribution < -0.4 is 14.5 Å². The van der Waals surface area contributed by atoms with Crippen molar-refractivity contribution in [3.05, 3.63) is 66.0 Å². The number of methoxy groups -OCH3 is 1. The lowest BCUT2D eigenvalue weighted by molar-refractivity contribution is 0.0790. The number of rotatable bonds is 6. The quantitative estimate of drug-likeness (QED) is 0.573. The summed E-state index contributed by atoms with van der Waals surface area (Å²) in [6.45, 7) is 1.34. The van der Waals surface area contributed by atoms with E-state index >= 15 is 0 Å². The maximum atomic E-state index is 13.3. The molecule has 1 atom stereocenters. The second-order valence-electron chi connectivity index (χ2n) is 8.77. The average molecular weight is 446 g/mol. The van der Waals surface area contributed by atoms with Crippen molar-refractivity contribution < 1.29 is 9.53 Å². The molecule has 1 aliphatic rings. The predicted molar refractivity (Wildman–Crippen MR) is 132 cm³/mol. The van der Waals surface area contributed by atoms with Crippen LogP contribution >= 0.6 is 0 Å². The first-order valence-electron chi connectivity index (χ1n) is 11.1. The standard InChI is InChI=1S/C26H31N5O2/c1-29(2)21-8-6-7-19(15-21)25(32)31-14-13-20(17-31)24-23(16-27-26(28-24)30(3)4)18-9-11-22(33-5)12-10-18/h6-12,15-16,20H,13-14,17H2,1-5H3/t20-/m0/s1. The summed E-state index contributed by atoms with van der Waals surface area (Å²) >= 11 is 0. The fourth-order valence-corrected chi connectivity index (χ4v) is 4.17. The van der Waals surface area contributed by atoms with Crippen LogP contribution in [0, 0.1) is 0 Å². The SMILES string of the molecule is COc1ccc(-c2cnc(N(C)C)nc2[C@H]2CCN(C(=O)c3cccc(N(C)C)c3)C2)cc1. The van der Waals surface area contributed by atoms with Crippen LogP contribution in [-0.2, 0) is 0 Å². The molecular weight excluding hydrogens is 414 g/mol. The molecule has 1 amide bonds. The van der Waals surface area contributed by atoms with Gasteiger partial charge in [-0.3, -0.25) is 4.79 Å². The molecule has 2 aromatic carbocycles. The molecule has 1 aromatic heterocycles. The monoisotopic (exact) mass is 445 g/mol. The number of amides is 1. The molecule has 172 valence electrons. The lowest BCUT2D eigenvalue weighted by Gasteiger charge is -2.20. The third kappa shape index (κ3) is 4.77. The lowest BCUT2D eigenvalue weighted by Crippen LogP contribution is -2.28. The summed E-state index contributed by atoms with van der Waals surface area (Å²) in [6.07, 6.45) is 2.76. The zero-order chi connectivity index (χ0) is 23.5. The minimum absolute atomic E-state index is 0.0640. The van der Waals surface area contributed by atoms with Crippen molar-refractivity contribution in [2.45, 2.75) is 12.3 Å². The fourth-order valence-electron chi connectivity index (χ4n) is 4.17. The van der Waals surface area contributed by atoms with Crippen molar-refractivity contribution in [1.29, 1.82) is 0 Å². The second kappa shape index (κ2) is 9.48. The largest absolute Gasteiger partial charge is 0.497 e. The van der Waals surface area contributed by atoms with E-state index in [1.807, 2.05) is 97.6 Å². The Hall–Kier alpha value is -3.61. The van der Waals surface area contributed by atoms with Crippen LogP contribution in [-0.4, -0.2) is 69.2 Å². The molecule has 0 radical (unpaired) electrons. The Morgan fingerprint density at radius 3 is 2.48 bits per heavy atom. The summed E-state index contributed by atoms with van der Waals surface area (Å²) in [4.78, 5) is 28.6. The van der Waals surface area contributed by atoms with Crippen LogP contribution in [0.25, 0.3) is 11.1 Å². The van der Waals surface area contributed by atoms with Crippen molar-refractivity contribution >= 4 is 17.5 Å². The van der Waals surface area contributed by atoms with Gasteiger partial charge in [-0.15, -0.1) is 0 Å². The first-order chi connectivity index (χ1) is 15.9. The summed E-state index contributed by atoms with van der Waals surface area (Å²) in [5, 5.41) is 0. The maximum Gasteiger partial charge on any atom is 0.253 e. The van der Waals surface area contributed by atoms with E-state index in [4.69, 9.17) is 9.72 Å². The number of ether oxygens (including phenoxy) is 1. The second-order valence-corrected chi connectivity index (χ2v) is 8.77. The molecule has 7 heteroatoms. The number of hydrogen-bond acceptors (Lipinski definition) is 6. The highest BCUT2D eigenvalue weighted by atomic mass is 16.5. The Morgan fingerprint density at radius 2 is 1.82 bits per heavy atom. The summed E-state index contributed by atoms with van der Waals surface area (Å²) in [7, 11) is 9.50. The van der Waals surface area contributed by atoms with Crippen LogP contribution in [0.5, 0.6) is 5.75 Å². The van der Waals surface area contributed by atoms with Gasteiger partial charge in [0.2, 0.25) is 5.95 Å². The lowest BCUT2D eigenvalue weighted by atomic mass is 9.96. The van der Waals surface area contributed by atoms with Gasteiger partial charge in [-0.2, -0.15) is 0 Å². The third-order valence-corrected chi connectivity index (χ3v) is 6.08. The summed E-state index contributed by atoms with van der Waals surface area (Å²) in [5.41, 5.74) is 4.76. The van der Waals surface area contributed by atoms with Gasteiger partial charge in [0, 0.05) is 70.2 Å². The number of carbonyl (C=O) groups is 1. The van der Waals surface area contributed by atoms with Crippen LogP contribution in [0.4, 0.5) is 11.6 Å². The van der Waals surface area contributed by atoms with Crippen molar-refractivity contribution in [3.63, 3.8) is 0 Å². The van der Waals surface area contributed by atoms with Gasteiger partial charge in [-0.1, -0.05) is 18.2 Å². The van der Waals surface area contributed by atoms with Gasteiger partial charge in [0.1, 0.15) is 5.75 Å². The number of hydrogen-bond donors (Lipinski definition) is 0. The van der Waals surface area contributed by atoms with Crippen molar-refractivity contribution in [2.24, 2.45) is 0 Å². The van der Waals surface area contributed by atoms with Gasteiger partial charge < -0.3 is 19.4 Å². The van der Waals surface area contributed by atoms with Gasteiger partial charge in [0.25, 0.3) is 5.91 Å². The molecule has 4 rings (SSSR count). The molecule has 1 aliphatic heterocycles.